The van der Waals surface area contributed by atoms with Crippen LogP contribution in [0.3, 0.4) is 0 Å². The molecule has 3 aromatic rings. The summed E-state index contributed by atoms with van der Waals surface area (Å²) in [6.07, 6.45) is 0.362. The van der Waals surface area contributed by atoms with Crippen molar-refractivity contribution in [3.63, 3.8) is 0 Å². The zero-order valence-electron chi connectivity index (χ0n) is 17.2. The van der Waals surface area contributed by atoms with Crippen molar-refractivity contribution in [1.82, 2.24) is 0 Å². The first kappa shape index (κ1) is 21.8. The van der Waals surface area contributed by atoms with Gasteiger partial charge in [-0.25, -0.2) is 0 Å². The number of benzene rings is 3. The fourth-order valence-corrected chi connectivity index (χ4v) is 4.07. The minimum absolute atomic E-state index is 0.0419. The van der Waals surface area contributed by atoms with Crippen LogP contribution in [0.1, 0.15) is 34.6 Å². The van der Waals surface area contributed by atoms with Crippen molar-refractivity contribution < 1.29 is 9.53 Å². The molecule has 0 unspecified atom stereocenters. The van der Waals surface area contributed by atoms with E-state index in [1.54, 1.807) is 35.2 Å². The zero-order valence-corrected chi connectivity index (χ0v) is 18.8. The standard InChI is InChI=1S/C25H18ClN3O2S/c1-15-9-20(6-8-23(15)32)29-14-19(11-24(29)30)16-5-7-21(26)22(10-16)31-25-17(12-27)3-2-4-18(25)13-28/h2-10,19,32H,11,14H2,1H3/t19-/m0/s1. The number of hydrogen-bond acceptors (Lipinski definition) is 5. The van der Waals surface area contributed by atoms with Crippen LogP contribution in [0.25, 0.3) is 0 Å². The Morgan fingerprint density at radius 2 is 1.81 bits per heavy atom. The van der Waals surface area contributed by atoms with Gasteiger partial charge in [0.2, 0.25) is 5.91 Å². The summed E-state index contributed by atoms with van der Waals surface area (Å²) in [5.41, 5.74) is 3.25. The number of nitriles is 2. The van der Waals surface area contributed by atoms with Gasteiger partial charge in [-0.1, -0.05) is 23.7 Å². The predicted molar refractivity (Wildman–Crippen MR) is 126 cm³/mol. The van der Waals surface area contributed by atoms with Gasteiger partial charge in [-0.15, -0.1) is 12.6 Å². The SMILES string of the molecule is Cc1cc(N2C[C@@H](c3ccc(Cl)c(Oc4c(C#N)cccc4C#N)c3)CC2=O)ccc1S. The summed E-state index contributed by atoms with van der Waals surface area (Å²) in [5, 5.41) is 19.1. The Balaban J connectivity index is 1.63. The maximum atomic E-state index is 12.7. The molecule has 1 heterocycles. The maximum Gasteiger partial charge on any atom is 0.227 e. The van der Waals surface area contributed by atoms with Gasteiger partial charge >= 0.3 is 0 Å². The summed E-state index contributed by atoms with van der Waals surface area (Å²) >= 11 is 10.8. The average Bonchev–Trinajstić information content (AvgIpc) is 3.18. The van der Waals surface area contributed by atoms with Crippen LogP contribution in [-0.4, -0.2) is 12.5 Å². The highest BCUT2D eigenvalue weighted by molar-refractivity contribution is 7.80. The highest BCUT2D eigenvalue weighted by atomic mass is 35.5. The Hall–Kier alpha value is -3.45. The molecule has 7 heteroatoms. The van der Waals surface area contributed by atoms with Crippen LogP contribution in [0.5, 0.6) is 11.5 Å². The van der Waals surface area contributed by atoms with Gasteiger partial charge in [-0.3, -0.25) is 4.79 Å². The number of ether oxygens (including phenoxy) is 1. The van der Waals surface area contributed by atoms with Crippen LogP contribution < -0.4 is 9.64 Å². The van der Waals surface area contributed by atoms with Crippen LogP contribution in [-0.2, 0) is 4.79 Å². The van der Waals surface area contributed by atoms with Crippen LogP contribution in [0, 0.1) is 29.6 Å². The quantitative estimate of drug-likeness (QED) is 0.486. The number of rotatable bonds is 4. The smallest absolute Gasteiger partial charge is 0.227 e. The summed E-state index contributed by atoms with van der Waals surface area (Å²) < 4.78 is 5.94. The predicted octanol–water partition coefficient (Wildman–Crippen LogP) is 5.99. The molecule has 0 aromatic heterocycles. The van der Waals surface area contributed by atoms with Crippen molar-refractivity contribution in [3.05, 3.63) is 81.9 Å². The van der Waals surface area contributed by atoms with Gasteiger partial charge in [-0.2, -0.15) is 10.5 Å². The number of amides is 1. The van der Waals surface area contributed by atoms with Crippen LogP contribution >= 0.6 is 24.2 Å². The van der Waals surface area contributed by atoms with Crippen molar-refractivity contribution in [2.24, 2.45) is 0 Å². The van der Waals surface area contributed by atoms with E-state index in [0.717, 1.165) is 21.7 Å². The molecule has 1 fully saturated rings. The number of hydrogen-bond donors (Lipinski definition) is 1. The lowest BCUT2D eigenvalue weighted by Gasteiger charge is -2.18. The van der Waals surface area contributed by atoms with Crippen molar-refractivity contribution in [1.29, 1.82) is 10.5 Å². The fourth-order valence-electron chi connectivity index (χ4n) is 3.77. The zero-order chi connectivity index (χ0) is 22.8. The van der Waals surface area contributed by atoms with Crippen molar-refractivity contribution >= 4 is 35.8 Å². The van der Waals surface area contributed by atoms with Gasteiger partial charge in [0.25, 0.3) is 0 Å². The molecule has 158 valence electrons. The van der Waals surface area contributed by atoms with E-state index in [9.17, 15) is 15.3 Å². The highest BCUT2D eigenvalue weighted by Gasteiger charge is 2.32. The molecule has 32 heavy (non-hydrogen) atoms. The summed E-state index contributed by atoms with van der Waals surface area (Å²) in [6.45, 7) is 2.49. The highest BCUT2D eigenvalue weighted by Crippen LogP contribution is 2.38. The molecule has 4 rings (SSSR count). The first-order valence-corrected chi connectivity index (χ1v) is 10.7. The van der Waals surface area contributed by atoms with E-state index in [1.807, 2.05) is 43.3 Å². The molecular formula is C25H18ClN3O2S. The Morgan fingerprint density at radius 3 is 2.47 bits per heavy atom. The minimum atomic E-state index is -0.0419. The Labute approximate surface area is 196 Å². The van der Waals surface area contributed by atoms with Gasteiger partial charge in [-0.05, 0) is 60.5 Å². The van der Waals surface area contributed by atoms with E-state index in [4.69, 9.17) is 16.3 Å². The molecule has 1 aliphatic rings. The first-order chi connectivity index (χ1) is 15.4. The van der Waals surface area contributed by atoms with Crippen molar-refractivity contribution in [3.8, 4) is 23.6 Å². The number of para-hydroxylation sites is 1. The third kappa shape index (κ3) is 4.16. The molecule has 1 atom stereocenters. The normalized spacial score (nSPS) is 15.3. The fraction of sp³-hybridized carbons (Fsp3) is 0.160. The van der Waals surface area contributed by atoms with Gasteiger partial charge in [0.1, 0.15) is 17.9 Å². The number of thiol groups is 1. The number of nitrogens with zero attached hydrogens (tertiary/aromatic N) is 3. The van der Waals surface area contributed by atoms with Crippen LogP contribution in [0.4, 0.5) is 5.69 Å². The second-order valence-corrected chi connectivity index (χ2v) is 8.46. The van der Waals surface area contributed by atoms with E-state index < -0.39 is 0 Å². The lowest BCUT2D eigenvalue weighted by molar-refractivity contribution is -0.117. The topological polar surface area (TPSA) is 77.1 Å². The lowest BCUT2D eigenvalue weighted by atomic mass is 9.98. The summed E-state index contributed by atoms with van der Waals surface area (Å²) in [6, 6.07) is 20.0. The average molecular weight is 460 g/mol. The largest absolute Gasteiger partial charge is 0.453 e. The number of carbonyl (C=O) groups excluding carboxylic acids is 1. The molecule has 0 saturated carbocycles. The molecule has 0 spiro atoms. The second-order valence-electron chi connectivity index (χ2n) is 7.57. The van der Waals surface area contributed by atoms with E-state index in [2.05, 4.69) is 12.6 Å². The summed E-state index contributed by atoms with van der Waals surface area (Å²) in [7, 11) is 0. The molecular weight excluding hydrogens is 442 g/mol. The third-order valence-corrected chi connectivity index (χ3v) is 6.33. The molecule has 1 aliphatic heterocycles. The molecule has 0 radical (unpaired) electrons. The van der Waals surface area contributed by atoms with Gasteiger partial charge in [0.15, 0.2) is 5.75 Å². The maximum absolute atomic E-state index is 12.7. The van der Waals surface area contributed by atoms with Gasteiger partial charge in [0.05, 0.1) is 16.1 Å². The summed E-state index contributed by atoms with van der Waals surface area (Å²) in [5.74, 6) is 0.507. The van der Waals surface area contributed by atoms with Crippen molar-refractivity contribution in [2.75, 3.05) is 11.4 Å². The molecule has 1 saturated heterocycles. The Bertz CT molecular complexity index is 1280. The second kappa shape index (κ2) is 8.96. The van der Waals surface area contributed by atoms with E-state index in [1.165, 1.54) is 0 Å². The lowest BCUT2D eigenvalue weighted by Crippen LogP contribution is -2.24. The van der Waals surface area contributed by atoms with Gasteiger partial charge < -0.3 is 9.64 Å². The first-order valence-electron chi connectivity index (χ1n) is 9.91. The molecule has 0 bridgehead atoms. The number of halogens is 1. The van der Waals surface area contributed by atoms with Crippen LogP contribution in [0.2, 0.25) is 5.02 Å². The third-order valence-electron chi connectivity index (χ3n) is 5.51. The molecule has 0 N–H and O–H groups in total. The van der Waals surface area contributed by atoms with Crippen molar-refractivity contribution in [2.45, 2.75) is 24.2 Å². The monoisotopic (exact) mass is 459 g/mol. The molecule has 3 aromatic carbocycles. The number of carbonyl (C=O) groups is 1. The number of aryl methyl sites for hydroxylation is 1. The number of anilines is 1. The van der Waals surface area contributed by atoms with E-state index >= 15 is 0 Å². The van der Waals surface area contributed by atoms with E-state index in [-0.39, 0.29) is 28.7 Å². The molecule has 1 amide bonds. The Kier molecular flexibility index (Phi) is 6.10. The van der Waals surface area contributed by atoms with E-state index in [0.29, 0.717) is 23.7 Å². The molecule has 0 aliphatic carbocycles. The summed E-state index contributed by atoms with van der Waals surface area (Å²) in [4.78, 5) is 15.4. The molecule has 5 nitrogen and oxygen atoms in total. The Morgan fingerprint density at radius 1 is 1.09 bits per heavy atom. The van der Waals surface area contributed by atoms with Crippen LogP contribution in [0.15, 0.2) is 59.5 Å². The minimum Gasteiger partial charge on any atom is -0.453 e. The van der Waals surface area contributed by atoms with Gasteiger partial charge in [0, 0.05) is 29.5 Å².